The first-order valence-electron chi connectivity index (χ1n) is 9.18. The van der Waals surface area contributed by atoms with Crippen molar-refractivity contribution < 1.29 is 4.79 Å². The molecule has 3 rings (SSSR count). The Kier molecular flexibility index (Phi) is 6.07. The number of amides is 1. The zero-order valence-electron chi connectivity index (χ0n) is 14.7. The molecule has 0 saturated carbocycles. The second-order valence-corrected chi connectivity index (χ2v) is 6.74. The summed E-state index contributed by atoms with van der Waals surface area (Å²) in [4.78, 5) is 14.8. The number of carbonyl (C=O) groups excluding carboxylic acids is 1. The molecule has 1 amide bonds. The van der Waals surface area contributed by atoms with Crippen molar-refractivity contribution >= 4 is 17.3 Å². The van der Waals surface area contributed by atoms with Crippen molar-refractivity contribution in [2.24, 2.45) is 5.73 Å². The summed E-state index contributed by atoms with van der Waals surface area (Å²) < 4.78 is 0. The highest BCUT2D eigenvalue weighted by molar-refractivity contribution is 5.95. The minimum atomic E-state index is -0.552. The average molecular weight is 337 g/mol. The van der Waals surface area contributed by atoms with Gasteiger partial charge in [-0.3, -0.25) is 4.79 Å². The monoisotopic (exact) mass is 337 g/mol. The molecule has 3 N–H and O–H groups in total. The molecular formula is C21H27N3O. The van der Waals surface area contributed by atoms with Gasteiger partial charge in [-0.1, -0.05) is 49.2 Å². The molecule has 0 bridgehead atoms. The van der Waals surface area contributed by atoms with E-state index in [1.807, 2.05) is 42.5 Å². The third-order valence-corrected chi connectivity index (χ3v) is 4.72. The van der Waals surface area contributed by atoms with E-state index in [0.29, 0.717) is 6.42 Å². The van der Waals surface area contributed by atoms with Crippen molar-refractivity contribution in [1.29, 1.82) is 0 Å². The molecule has 1 aliphatic rings. The topological polar surface area (TPSA) is 58.4 Å². The Hall–Kier alpha value is -2.33. The van der Waals surface area contributed by atoms with Gasteiger partial charge in [0.15, 0.2) is 0 Å². The Labute approximate surface area is 150 Å². The first-order valence-corrected chi connectivity index (χ1v) is 9.18. The SMILES string of the molecule is NC(Cc1ccccc1)C(=O)Nc1cccc(N2CCCCCC2)c1. The van der Waals surface area contributed by atoms with E-state index in [0.717, 1.165) is 24.3 Å². The molecule has 1 aliphatic heterocycles. The number of hydrogen-bond donors (Lipinski definition) is 2. The van der Waals surface area contributed by atoms with Crippen LogP contribution in [0.1, 0.15) is 31.2 Å². The van der Waals surface area contributed by atoms with Gasteiger partial charge < -0.3 is 16.0 Å². The Morgan fingerprint density at radius 1 is 1.00 bits per heavy atom. The molecule has 0 spiro atoms. The first-order chi connectivity index (χ1) is 12.2. The van der Waals surface area contributed by atoms with Crippen LogP contribution in [0, 0.1) is 0 Å². The van der Waals surface area contributed by atoms with Gasteiger partial charge >= 0.3 is 0 Å². The Morgan fingerprint density at radius 3 is 2.44 bits per heavy atom. The lowest BCUT2D eigenvalue weighted by Gasteiger charge is -2.23. The van der Waals surface area contributed by atoms with Gasteiger partial charge in [-0.25, -0.2) is 0 Å². The largest absolute Gasteiger partial charge is 0.371 e. The van der Waals surface area contributed by atoms with Crippen molar-refractivity contribution in [1.82, 2.24) is 0 Å². The zero-order valence-corrected chi connectivity index (χ0v) is 14.7. The van der Waals surface area contributed by atoms with Crippen molar-refractivity contribution in [3.8, 4) is 0 Å². The fraction of sp³-hybridized carbons (Fsp3) is 0.381. The van der Waals surface area contributed by atoms with Gasteiger partial charge in [-0.2, -0.15) is 0 Å². The number of nitrogens with zero attached hydrogens (tertiary/aromatic N) is 1. The van der Waals surface area contributed by atoms with E-state index in [1.165, 1.54) is 31.4 Å². The number of benzene rings is 2. The molecule has 0 aromatic heterocycles. The highest BCUT2D eigenvalue weighted by Gasteiger charge is 2.15. The molecule has 1 fully saturated rings. The van der Waals surface area contributed by atoms with Gasteiger partial charge in [0, 0.05) is 24.5 Å². The van der Waals surface area contributed by atoms with Crippen LogP contribution in [0.15, 0.2) is 54.6 Å². The fourth-order valence-corrected chi connectivity index (χ4v) is 3.30. The Morgan fingerprint density at radius 2 is 1.72 bits per heavy atom. The summed E-state index contributed by atoms with van der Waals surface area (Å²) in [5.41, 5.74) is 9.14. The molecule has 1 unspecified atom stereocenters. The van der Waals surface area contributed by atoms with Crippen LogP contribution in [0.5, 0.6) is 0 Å². The summed E-state index contributed by atoms with van der Waals surface area (Å²) in [7, 11) is 0. The average Bonchev–Trinajstić information content (AvgIpc) is 2.92. The smallest absolute Gasteiger partial charge is 0.241 e. The fourth-order valence-electron chi connectivity index (χ4n) is 3.30. The van der Waals surface area contributed by atoms with Crippen LogP contribution in [-0.4, -0.2) is 25.0 Å². The zero-order chi connectivity index (χ0) is 17.5. The van der Waals surface area contributed by atoms with E-state index < -0.39 is 6.04 Å². The third-order valence-electron chi connectivity index (χ3n) is 4.72. The van der Waals surface area contributed by atoms with Gasteiger partial charge in [-0.05, 0) is 43.0 Å². The molecule has 0 aliphatic carbocycles. The lowest BCUT2D eigenvalue weighted by atomic mass is 10.1. The maximum absolute atomic E-state index is 12.4. The maximum atomic E-state index is 12.4. The minimum Gasteiger partial charge on any atom is -0.371 e. The summed E-state index contributed by atoms with van der Waals surface area (Å²) in [5, 5.41) is 2.97. The van der Waals surface area contributed by atoms with Crippen LogP contribution in [-0.2, 0) is 11.2 Å². The predicted octanol–water partition coefficient (Wildman–Crippen LogP) is 3.58. The van der Waals surface area contributed by atoms with Crippen LogP contribution in [0.3, 0.4) is 0 Å². The number of nitrogens with one attached hydrogen (secondary N) is 1. The molecule has 25 heavy (non-hydrogen) atoms. The van der Waals surface area contributed by atoms with Gasteiger partial charge in [0.05, 0.1) is 6.04 Å². The summed E-state index contributed by atoms with van der Waals surface area (Å²) >= 11 is 0. The first kappa shape index (κ1) is 17.5. The van der Waals surface area contributed by atoms with Crippen LogP contribution >= 0.6 is 0 Å². The van der Waals surface area contributed by atoms with Crippen LogP contribution < -0.4 is 16.0 Å². The van der Waals surface area contributed by atoms with Gasteiger partial charge in [0.25, 0.3) is 0 Å². The van der Waals surface area contributed by atoms with Crippen molar-refractivity contribution in [2.45, 2.75) is 38.1 Å². The van der Waals surface area contributed by atoms with E-state index in [-0.39, 0.29) is 5.91 Å². The molecule has 4 heteroatoms. The summed E-state index contributed by atoms with van der Waals surface area (Å²) in [5.74, 6) is -0.142. The molecule has 2 aromatic rings. The molecule has 132 valence electrons. The summed E-state index contributed by atoms with van der Waals surface area (Å²) in [6.45, 7) is 2.18. The van der Waals surface area contributed by atoms with Gasteiger partial charge in [0.2, 0.25) is 5.91 Å². The van der Waals surface area contributed by atoms with Crippen LogP contribution in [0.4, 0.5) is 11.4 Å². The highest BCUT2D eigenvalue weighted by atomic mass is 16.2. The standard InChI is InChI=1S/C21H27N3O/c22-20(15-17-9-4-3-5-10-17)21(25)23-18-11-8-12-19(16-18)24-13-6-1-2-7-14-24/h3-5,8-12,16,20H,1-2,6-7,13-15,22H2,(H,23,25). The number of carbonyl (C=O) groups is 1. The summed E-state index contributed by atoms with van der Waals surface area (Å²) in [6.07, 6.45) is 5.62. The van der Waals surface area contributed by atoms with Crippen molar-refractivity contribution in [3.05, 3.63) is 60.2 Å². The molecule has 1 atom stereocenters. The quantitative estimate of drug-likeness (QED) is 0.877. The second-order valence-electron chi connectivity index (χ2n) is 6.74. The maximum Gasteiger partial charge on any atom is 0.241 e. The van der Waals surface area contributed by atoms with E-state index in [9.17, 15) is 4.79 Å². The normalized spacial score (nSPS) is 16.1. The number of nitrogens with two attached hydrogens (primary N) is 1. The van der Waals surface area contributed by atoms with Gasteiger partial charge in [0.1, 0.15) is 0 Å². The molecule has 1 heterocycles. The van der Waals surface area contributed by atoms with E-state index >= 15 is 0 Å². The van der Waals surface area contributed by atoms with Crippen LogP contribution in [0.25, 0.3) is 0 Å². The van der Waals surface area contributed by atoms with E-state index in [2.05, 4.69) is 22.3 Å². The Bertz CT molecular complexity index is 679. The van der Waals surface area contributed by atoms with Crippen LogP contribution in [0.2, 0.25) is 0 Å². The number of hydrogen-bond acceptors (Lipinski definition) is 3. The van der Waals surface area contributed by atoms with Gasteiger partial charge in [-0.15, -0.1) is 0 Å². The highest BCUT2D eigenvalue weighted by Crippen LogP contribution is 2.23. The second kappa shape index (κ2) is 8.67. The van der Waals surface area contributed by atoms with E-state index in [4.69, 9.17) is 5.73 Å². The lowest BCUT2D eigenvalue weighted by Crippen LogP contribution is -2.37. The molecular weight excluding hydrogens is 310 g/mol. The number of anilines is 2. The van der Waals surface area contributed by atoms with Crippen molar-refractivity contribution in [3.63, 3.8) is 0 Å². The molecule has 2 aromatic carbocycles. The lowest BCUT2D eigenvalue weighted by molar-refractivity contribution is -0.117. The minimum absolute atomic E-state index is 0.142. The third kappa shape index (κ3) is 5.07. The Balaban J connectivity index is 1.62. The molecule has 0 radical (unpaired) electrons. The molecule has 4 nitrogen and oxygen atoms in total. The summed E-state index contributed by atoms with van der Waals surface area (Å²) in [6, 6.07) is 17.4. The number of rotatable bonds is 5. The van der Waals surface area contributed by atoms with Crippen molar-refractivity contribution in [2.75, 3.05) is 23.3 Å². The molecule has 1 saturated heterocycles. The van der Waals surface area contributed by atoms with E-state index in [1.54, 1.807) is 0 Å². The predicted molar refractivity (Wildman–Crippen MR) is 104 cm³/mol.